The average Bonchev–Trinajstić information content (AvgIpc) is 2.27. The van der Waals surface area contributed by atoms with E-state index in [-0.39, 0.29) is 5.69 Å². The van der Waals surface area contributed by atoms with Crippen LogP contribution in [-0.4, -0.2) is 39.1 Å². The Bertz CT molecular complexity index is 491. The van der Waals surface area contributed by atoms with Gasteiger partial charge in [-0.05, 0) is 28.1 Å². The third kappa shape index (κ3) is 4.13. The van der Waals surface area contributed by atoms with Gasteiger partial charge < -0.3 is 15.5 Å². The highest BCUT2D eigenvalue weighted by Crippen LogP contribution is 2.06. The summed E-state index contributed by atoms with van der Waals surface area (Å²) in [6, 6.07) is 3.05. The Morgan fingerprint density at radius 3 is 2.50 bits per heavy atom. The van der Waals surface area contributed by atoms with Crippen LogP contribution in [0, 0.1) is 0 Å². The van der Waals surface area contributed by atoms with E-state index < -0.39 is 30.3 Å². The van der Waals surface area contributed by atoms with E-state index in [0.29, 0.717) is 4.60 Å². The molecule has 18 heavy (non-hydrogen) atoms. The minimum absolute atomic E-state index is 0.000939. The van der Waals surface area contributed by atoms with Crippen molar-refractivity contribution in [2.75, 3.05) is 0 Å². The zero-order chi connectivity index (χ0) is 13.7. The number of carbonyl (C=O) groups excluding carboxylic acids is 1. The average molecular weight is 317 g/mol. The van der Waals surface area contributed by atoms with Gasteiger partial charge >= 0.3 is 11.9 Å². The van der Waals surface area contributed by atoms with E-state index in [4.69, 9.17) is 10.2 Å². The Morgan fingerprint density at radius 2 is 2.00 bits per heavy atom. The topological polar surface area (TPSA) is 117 Å². The molecule has 0 radical (unpaired) electrons. The van der Waals surface area contributed by atoms with Gasteiger partial charge in [-0.25, -0.2) is 9.78 Å². The van der Waals surface area contributed by atoms with E-state index in [2.05, 4.69) is 26.2 Å². The molecular weight excluding hydrogens is 308 g/mol. The van der Waals surface area contributed by atoms with E-state index in [1.54, 1.807) is 12.1 Å². The first-order valence-corrected chi connectivity index (χ1v) is 5.57. The standard InChI is InChI=1S/C10H9BrN2O5/c11-7-3-1-2-5(12-7)9(16)13-6(10(17)18)4-8(14)15/h1-3,6H,4H2,(H,13,16)(H,14,15)(H,17,18). The van der Waals surface area contributed by atoms with Crippen molar-refractivity contribution in [1.29, 1.82) is 0 Å². The van der Waals surface area contributed by atoms with Gasteiger partial charge in [0.25, 0.3) is 5.91 Å². The van der Waals surface area contributed by atoms with E-state index in [1.807, 2.05) is 0 Å². The van der Waals surface area contributed by atoms with E-state index >= 15 is 0 Å². The molecule has 96 valence electrons. The second-order valence-corrected chi connectivity index (χ2v) is 4.12. The van der Waals surface area contributed by atoms with Crippen LogP contribution in [0.5, 0.6) is 0 Å². The van der Waals surface area contributed by atoms with Gasteiger partial charge in [-0.15, -0.1) is 0 Å². The summed E-state index contributed by atoms with van der Waals surface area (Å²) in [5.41, 5.74) is 0.000939. The van der Waals surface area contributed by atoms with Crippen LogP contribution in [0.2, 0.25) is 0 Å². The van der Waals surface area contributed by atoms with E-state index in [0.717, 1.165) is 0 Å². The lowest BCUT2D eigenvalue weighted by atomic mass is 10.2. The molecule has 0 aliphatic carbocycles. The van der Waals surface area contributed by atoms with Crippen molar-refractivity contribution in [3.63, 3.8) is 0 Å². The number of halogens is 1. The summed E-state index contributed by atoms with van der Waals surface area (Å²) < 4.78 is 0.417. The number of hydrogen-bond acceptors (Lipinski definition) is 4. The zero-order valence-corrected chi connectivity index (χ0v) is 10.5. The van der Waals surface area contributed by atoms with Crippen molar-refractivity contribution in [2.45, 2.75) is 12.5 Å². The molecular formula is C10H9BrN2O5. The highest BCUT2D eigenvalue weighted by atomic mass is 79.9. The second kappa shape index (κ2) is 6.10. The molecule has 0 bridgehead atoms. The van der Waals surface area contributed by atoms with Gasteiger partial charge in [0.15, 0.2) is 0 Å². The molecule has 1 atom stereocenters. The summed E-state index contributed by atoms with van der Waals surface area (Å²) in [7, 11) is 0. The molecule has 3 N–H and O–H groups in total. The first kappa shape index (κ1) is 14.1. The van der Waals surface area contributed by atoms with Crippen LogP contribution in [0.15, 0.2) is 22.8 Å². The molecule has 1 aromatic rings. The molecule has 0 saturated heterocycles. The van der Waals surface area contributed by atoms with E-state index in [9.17, 15) is 14.4 Å². The van der Waals surface area contributed by atoms with Crippen molar-refractivity contribution < 1.29 is 24.6 Å². The van der Waals surface area contributed by atoms with Crippen LogP contribution in [0.25, 0.3) is 0 Å². The molecule has 7 nitrogen and oxygen atoms in total. The minimum Gasteiger partial charge on any atom is -0.481 e. The third-order valence-electron chi connectivity index (χ3n) is 1.93. The van der Waals surface area contributed by atoms with Gasteiger partial charge in [-0.3, -0.25) is 9.59 Å². The van der Waals surface area contributed by atoms with Gasteiger partial charge in [-0.2, -0.15) is 0 Å². The quantitative estimate of drug-likeness (QED) is 0.681. The summed E-state index contributed by atoms with van der Waals surface area (Å²) >= 11 is 3.06. The molecule has 1 amide bonds. The number of amides is 1. The number of nitrogens with one attached hydrogen (secondary N) is 1. The van der Waals surface area contributed by atoms with Gasteiger partial charge in [-0.1, -0.05) is 6.07 Å². The van der Waals surface area contributed by atoms with Gasteiger partial charge in [0.1, 0.15) is 16.3 Å². The Morgan fingerprint density at radius 1 is 1.33 bits per heavy atom. The molecule has 0 saturated carbocycles. The van der Waals surface area contributed by atoms with Crippen LogP contribution < -0.4 is 5.32 Å². The fourth-order valence-corrected chi connectivity index (χ4v) is 1.49. The Labute approximate surface area is 110 Å². The van der Waals surface area contributed by atoms with E-state index in [1.165, 1.54) is 6.07 Å². The molecule has 1 rings (SSSR count). The molecule has 0 spiro atoms. The second-order valence-electron chi connectivity index (χ2n) is 3.31. The van der Waals surface area contributed by atoms with Crippen molar-refractivity contribution in [3.05, 3.63) is 28.5 Å². The van der Waals surface area contributed by atoms with Crippen LogP contribution in [0.1, 0.15) is 16.9 Å². The van der Waals surface area contributed by atoms with Crippen molar-refractivity contribution in [2.24, 2.45) is 0 Å². The first-order valence-electron chi connectivity index (χ1n) is 4.78. The number of nitrogens with zero attached hydrogens (tertiary/aromatic N) is 1. The first-order chi connectivity index (χ1) is 8.40. The van der Waals surface area contributed by atoms with Crippen LogP contribution >= 0.6 is 15.9 Å². The Kier molecular flexibility index (Phi) is 4.78. The Balaban J connectivity index is 2.78. The van der Waals surface area contributed by atoms with Gasteiger partial charge in [0, 0.05) is 0 Å². The van der Waals surface area contributed by atoms with Crippen molar-refractivity contribution >= 4 is 33.8 Å². The molecule has 0 aromatic carbocycles. The number of pyridine rings is 1. The highest BCUT2D eigenvalue weighted by molar-refractivity contribution is 9.10. The van der Waals surface area contributed by atoms with Crippen LogP contribution in [-0.2, 0) is 9.59 Å². The molecule has 1 heterocycles. The Hall–Kier alpha value is -1.96. The maximum absolute atomic E-state index is 11.6. The normalized spacial score (nSPS) is 11.6. The SMILES string of the molecule is O=C(O)CC(NC(=O)c1cccc(Br)n1)C(=O)O. The summed E-state index contributed by atoms with van der Waals surface area (Å²) in [5.74, 6) is -3.48. The fourth-order valence-electron chi connectivity index (χ4n) is 1.14. The number of aromatic nitrogens is 1. The van der Waals surface area contributed by atoms with Gasteiger partial charge in [0.2, 0.25) is 0 Å². The molecule has 0 aliphatic rings. The predicted octanol–water partition coefficient (Wildman–Crippen LogP) is 0.502. The lowest BCUT2D eigenvalue weighted by molar-refractivity contribution is -0.145. The molecule has 1 aromatic heterocycles. The van der Waals surface area contributed by atoms with Crippen LogP contribution in [0.4, 0.5) is 0 Å². The summed E-state index contributed by atoms with van der Waals surface area (Å²) in [5, 5.41) is 19.4. The molecule has 0 aliphatic heterocycles. The maximum Gasteiger partial charge on any atom is 0.326 e. The number of hydrogen-bond donors (Lipinski definition) is 3. The van der Waals surface area contributed by atoms with Gasteiger partial charge in [0.05, 0.1) is 6.42 Å². The number of carbonyl (C=O) groups is 3. The zero-order valence-electron chi connectivity index (χ0n) is 8.96. The molecule has 1 unspecified atom stereocenters. The maximum atomic E-state index is 11.6. The smallest absolute Gasteiger partial charge is 0.326 e. The summed E-state index contributed by atoms with van der Waals surface area (Å²) in [6.07, 6.45) is -0.699. The van der Waals surface area contributed by atoms with Crippen molar-refractivity contribution in [1.82, 2.24) is 10.3 Å². The third-order valence-corrected chi connectivity index (χ3v) is 2.37. The number of carboxylic acids is 2. The fraction of sp³-hybridized carbons (Fsp3) is 0.200. The number of aliphatic carboxylic acids is 2. The highest BCUT2D eigenvalue weighted by Gasteiger charge is 2.23. The monoisotopic (exact) mass is 316 g/mol. The molecule has 8 heteroatoms. The summed E-state index contributed by atoms with van der Waals surface area (Å²) in [6.45, 7) is 0. The molecule has 0 fully saturated rings. The predicted molar refractivity (Wildman–Crippen MR) is 63.1 cm³/mol. The lowest BCUT2D eigenvalue weighted by Gasteiger charge is -2.11. The largest absolute Gasteiger partial charge is 0.481 e. The van der Waals surface area contributed by atoms with Crippen LogP contribution in [0.3, 0.4) is 0 Å². The number of carboxylic acid groups (broad SMARTS) is 2. The van der Waals surface area contributed by atoms with Crippen molar-refractivity contribution in [3.8, 4) is 0 Å². The lowest BCUT2D eigenvalue weighted by Crippen LogP contribution is -2.42. The minimum atomic E-state index is -1.49. The number of rotatable bonds is 5. The summed E-state index contributed by atoms with van der Waals surface area (Å²) in [4.78, 5) is 36.7.